The Balaban J connectivity index is 1.85. The third-order valence-corrected chi connectivity index (χ3v) is 5.75. The summed E-state index contributed by atoms with van der Waals surface area (Å²) in [6.45, 7) is -0.459. The number of hydrogen-bond acceptors (Lipinski definition) is 7. The van der Waals surface area contributed by atoms with Gasteiger partial charge in [0.15, 0.2) is 0 Å². The molecule has 1 heterocycles. The number of fused-ring (bicyclic) bond motifs is 1. The van der Waals surface area contributed by atoms with E-state index in [2.05, 4.69) is 21.3 Å². The number of aliphatic carboxylic acids is 1. The molecule has 2 aromatic rings. The van der Waals surface area contributed by atoms with Crippen LogP contribution in [0.4, 0.5) is 0 Å². The smallest absolute Gasteiger partial charge is 0.326 e. The number of para-hydroxylation sites is 1. The van der Waals surface area contributed by atoms with Gasteiger partial charge in [-0.3, -0.25) is 19.2 Å². The number of hydrogen-bond donors (Lipinski definition) is 6. The lowest BCUT2D eigenvalue weighted by Crippen LogP contribution is -2.56. The molecule has 3 rings (SSSR count). The molecule has 12 nitrogen and oxygen atoms in total. The first-order valence-electron chi connectivity index (χ1n) is 12.1. The molecular formula is C26H30N4O8. The molecule has 0 aliphatic carbocycles. The van der Waals surface area contributed by atoms with Crippen LogP contribution in [0.1, 0.15) is 28.8 Å². The fourth-order valence-electron chi connectivity index (χ4n) is 3.77. The molecule has 12 heteroatoms. The lowest BCUT2D eigenvalue weighted by atomic mass is 10.0. The average Bonchev–Trinajstić information content (AvgIpc) is 2.90. The minimum atomic E-state index is -1.62. The molecular weight excluding hydrogens is 496 g/mol. The Morgan fingerprint density at radius 2 is 1.61 bits per heavy atom. The van der Waals surface area contributed by atoms with E-state index in [-0.39, 0.29) is 30.9 Å². The number of nitrogens with one attached hydrogen (secondary N) is 4. The van der Waals surface area contributed by atoms with Crippen LogP contribution in [0.25, 0.3) is 0 Å². The maximum atomic E-state index is 12.9. The van der Waals surface area contributed by atoms with Crippen LogP contribution < -0.4 is 26.0 Å². The van der Waals surface area contributed by atoms with Crippen molar-refractivity contribution in [2.75, 3.05) is 19.8 Å². The zero-order chi connectivity index (χ0) is 27.5. The van der Waals surface area contributed by atoms with Crippen LogP contribution in [0.15, 0.2) is 54.6 Å². The second-order valence-electron chi connectivity index (χ2n) is 8.61. The summed E-state index contributed by atoms with van der Waals surface area (Å²) >= 11 is 0. The Kier molecular flexibility index (Phi) is 10.2. The number of carboxylic acids is 1. The van der Waals surface area contributed by atoms with Crippen molar-refractivity contribution in [1.82, 2.24) is 21.3 Å². The fourth-order valence-corrected chi connectivity index (χ4v) is 3.77. The van der Waals surface area contributed by atoms with Crippen LogP contribution in [0, 0.1) is 0 Å². The topological polar surface area (TPSA) is 183 Å². The number of carbonyl (C=O) groups is 5. The van der Waals surface area contributed by atoms with Gasteiger partial charge in [-0.2, -0.15) is 0 Å². The maximum absolute atomic E-state index is 12.9. The number of carbonyl (C=O) groups excluding carboxylic acids is 4. The molecule has 0 fully saturated rings. The largest absolute Gasteiger partial charge is 0.493 e. The van der Waals surface area contributed by atoms with E-state index in [4.69, 9.17) is 4.74 Å². The van der Waals surface area contributed by atoms with Gasteiger partial charge in [-0.15, -0.1) is 0 Å². The van der Waals surface area contributed by atoms with Gasteiger partial charge >= 0.3 is 5.97 Å². The number of aliphatic hydroxyl groups excluding tert-OH is 1. The normalized spacial score (nSPS) is 21.8. The van der Waals surface area contributed by atoms with E-state index in [0.29, 0.717) is 6.42 Å². The Morgan fingerprint density at radius 1 is 0.895 bits per heavy atom. The highest BCUT2D eigenvalue weighted by Crippen LogP contribution is 2.18. The van der Waals surface area contributed by atoms with Crippen LogP contribution in [-0.4, -0.2) is 77.7 Å². The van der Waals surface area contributed by atoms with Gasteiger partial charge in [-0.05, 0) is 24.1 Å². The zero-order valence-electron chi connectivity index (χ0n) is 20.5. The van der Waals surface area contributed by atoms with E-state index in [1.165, 1.54) is 6.07 Å². The van der Waals surface area contributed by atoms with Gasteiger partial charge in [0.1, 0.15) is 23.9 Å². The van der Waals surface area contributed by atoms with E-state index in [0.717, 1.165) is 5.56 Å². The molecule has 1 unspecified atom stereocenters. The minimum Gasteiger partial charge on any atom is -0.493 e. The molecule has 0 spiro atoms. The predicted octanol–water partition coefficient (Wildman–Crippen LogP) is -0.637. The average molecular weight is 527 g/mol. The summed E-state index contributed by atoms with van der Waals surface area (Å²) in [4.78, 5) is 62.9. The number of carboxylic acid groups (broad SMARTS) is 1. The molecule has 0 bridgehead atoms. The molecule has 1 aliphatic heterocycles. The highest BCUT2D eigenvalue weighted by atomic mass is 16.5. The second-order valence-corrected chi connectivity index (χ2v) is 8.61. The van der Waals surface area contributed by atoms with Crippen LogP contribution in [0.3, 0.4) is 0 Å². The van der Waals surface area contributed by atoms with Crippen molar-refractivity contribution in [3.63, 3.8) is 0 Å². The number of aliphatic hydroxyl groups is 1. The van der Waals surface area contributed by atoms with Gasteiger partial charge in [-0.1, -0.05) is 42.5 Å². The van der Waals surface area contributed by atoms with Crippen molar-refractivity contribution in [2.24, 2.45) is 0 Å². The summed E-state index contributed by atoms with van der Waals surface area (Å²) in [5.41, 5.74) is 0.847. The Morgan fingerprint density at radius 3 is 2.32 bits per heavy atom. The molecule has 0 saturated heterocycles. The number of benzene rings is 2. The standard InChI is InChI=1S/C26H30N4O8/c31-15-20-25(35)29-18(13-16-7-2-1-3-8-16)24(34)27-11-6-12-38-21-10-5-4-9-17(21)23(33)30-19(26(36)37)14-22(32)28-20/h1-5,7-10,18-20,31H,6,11-15H2,(H,27,34)(H,28,32)(H,29,35)(H,30,33)(H,36,37)/t18?,19-,20-/m0/s1. The summed E-state index contributed by atoms with van der Waals surface area (Å²) in [5.74, 6) is -4.23. The highest BCUT2D eigenvalue weighted by molar-refractivity contribution is 6.00. The van der Waals surface area contributed by atoms with Crippen molar-refractivity contribution in [1.29, 1.82) is 0 Å². The summed E-state index contributed by atoms with van der Waals surface area (Å²) in [7, 11) is 0. The van der Waals surface area contributed by atoms with Crippen molar-refractivity contribution in [3.05, 3.63) is 65.7 Å². The van der Waals surface area contributed by atoms with Gasteiger partial charge in [0.2, 0.25) is 17.7 Å². The molecule has 4 amide bonds. The minimum absolute atomic E-state index is 0.0693. The van der Waals surface area contributed by atoms with E-state index < -0.39 is 60.8 Å². The molecule has 0 radical (unpaired) electrons. The molecule has 1 aliphatic rings. The van der Waals surface area contributed by atoms with Crippen molar-refractivity contribution in [2.45, 2.75) is 37.4 Å². The fraction of sp³-hybridized carbons (Fsp3) is 0.346. The first-order chi connectivity index (χ1) is 18.3. The van der Waals surface area contributed by atoms with Crippen molar-refractivity contribution < 1.29 is 38.9 Å². The van der Waals surface area contributed by atoms with Crippen LogP contribution in [0.2, 0.25) is 0 Å². The quantitative estimate of drug-likeness (QED) is 0.304. The molecule has 6 N–H and O–H groups in total. The third-order valence-electron chi connectivity index (χ3n) is 5.75. The lowest BCUT2D eigenvalue weighted by Gasteiger charge is -2.23. The summed E-state index contributed by atoms with van der Waals surface area (Å²) < 4.78 is 5.69. The molecule has 2 aromatic carbocycles. The zero-order valence-corrected chi connectivity index (χ0v) is 20.5. The SMILES string of the molecule is O=C1C[C@@H](C(=O)O)NC(=O)c2ccccc2OCCCNC(=O)C(Cc2ccccc2)NC(=O)[C@H](CO)N1. The van der Waals surface area contributed by atoms with Gasteiger partial charge < -0.3 is 36.2 Å². The summed E-state index contributed by atoms with van der Waals surface area (Å²) in [5, 5.41) is 29.1. The van der Waals surface area contributed by atoms with E-state index in [1.807, 2.05) is 6.07 Å². The highest BCUT2D eigenvalue weighted by Gasteiger charge is 2.30. The van der Waals surface area contributed by atoms with Gasteiger partial charge in [-0.25, -0.2) is 4.79 Å². The predicted molar refractivity (Wildman–Crippen MR) is 134 cm³/mol. The van der Waals surface area contributed by atoms with Gasteiger partial charge in [0, 0.05) is 13.0 Å². The monoisotopic (exact) mass is 526 g/mol. The molecule has 3 atom stereocenters. The molecule has 38 heavy (non-hydrogen) atoms. The number of ether oxygens (including phenoxy) is 1. The number of rotatable bonds is 4. The van der Waals surface area contributed by atoms with Crippen LogP contribution in [0.5, 0.6) is 5.75 Å². The van der Waals surface area contributed by atoms with Crippen LogP contribution in [-0.2, 0) is 25.6 Å². The Bertz CT molecular complexity index is 1160. The van der Waals surface area contributed by atoms with Gasteiger partial charge in [0.25, 0.3) is 5.91 Å². The van der Waals surface area contributed by atoms with Crippen LogP contribution >= 0.6 is 0 Å². The van der Waals surface area contributed by atoms with E-state index in [1.54, 1.807) is 42.5 Å². The first kappa shape index (κ1) is 28.1. The maximum Gasteiger partial charge on any atom is 0.326 e. The van der Waals surface area contributed by atoms with Gasteiger partial charge in [0.05, 0.1) is 25.2 Å². The van der Waals surface area contributed by atoms with E-state index >= 15 is 0 Å². The molecule has 0 saturated carbocycles. The summed E-state index contributed by atoms with van der Waals surface area (Å²) in [6, 6.07) is 11.1. The number of amides is 4. The Hall–Kier alpha value is -4.45. The summed E-state index contributed by atoms with van der Waals surface area (Å²) in [6.07, 6.45) is -0.177. The van der Waals surface area contributed by atoms with Crippen molar-refractivity contribution >= 4 is 29.6 Å². The van der Waals surface area contributed by atoms with Crippen molar-refractivity contribution in [3.8, 4) is 5.75 Å². The third kappa shape index (κ3) is 8.03. The molecule has 0 aromatic heterocycles. The lowest BCUT2D eigenvalue weighted by molar-refractivity contribution is -0.141. The van der Waals surface area contributed by atoms with E-state index in [9.17, 15) is 34.2 Å². The Labute approximate surface area is 218 Å². The first-order valence-corrected chi connectivity index (χ1v) is 12.1. The molecule has 202 valence electrons. The second kappa shape index (κ2) is 13.7.